The lowest BCUT2D eigenvalue weighted by atomic mass is 9.92. The smallest absolute Gasteiger partial charge is 0.126 e. The minimum atomic E-state index is -0.365. The van der Waals surface area contributed by atoms with Crippen LogP contribution in [0.1, 0.15) is 44.7 Å². The van der Waals surface area contributed by atoms with E-state index in [0.717, 1.165) is 5.56 Å². The van der Waals surface area contributed by atoms with Gasteiger partial charge in [-0.15, -0.1) is 0 Å². The molecular weight excluding hydrogens is 189 g/mol. The number of benzene rings is 1. The molecule has 0 amide bonds. The van der Waals surface area contributed by atoms with Gasteiger partial charge in [0.1, 0.15) is 5.82 Å². The van der Waals surface area contributed by atoms with Gasteiger partial charge in [0.25, 0.3) is 0 Å². The van der Waals surface area contributed by atoms with Gasteiger partial charge in [-0.3, -0.25) is 0 Å². The Balaban J connectivity index is 3.01. The van der Waals surface area contributed by atoms with E-state index in [0.29, 0.717) is 17.9 Å². The van der Waals surface area contributed by atoms with E-state index in [4.69, 9.17) is 5.73 Å². The fourth-order valence-electron chi connectivity index (χ4n) is 1.58. The Labute approximate surface area is 91.5 Å². The molecule has 0 aliphatic rings. The number of halogens is 1. The summed E-state index contributed by atoms with van der Waals surface area (Å²) in [6.07, 6.45) is 0.569. The van der Waals surface area contributed by atoms with Crippen LogP contribution in [-0.2, 0) is 6.42 Å². The van der Waals surface area contributed by atoms with Crippen molar-refractivity contribution in [2.75, 3.05) is 0 Å². The number of hydrogen-bond donors (Lipinski definition) is 1. The molecule has 0 aliphatic carbocycles. The summed E-state index contributed by atoms with van der Waals surface area (Å²) in [5, 5.41) is 0. The fourth-order valence-corrected chi connectivity index (χ4v) is 1.58. The lowest BCUT2D eigenvalue weighted by Gasteiger charge is -2.19. The van der Waals surface area contributed by atoms with Crippen molar-refractivity contribution in [1.82, 2.24) is 0 Å². The van der Waals surface area contributed by atoms with E-state index in [1.807, 2.05) is 26.0 Å². The molecule has 0 atom stereocenters. The van der Waals surface area contributed by atoms with Crippen molar-refractivity contribution in [3.05, 3.63) is 35.1 Å². The van der Waals surface area contributed by atoms with Gasteiger partial charge in [0.2, 0.25) is 0 Å². The van der Waals surface area contributed by atoms with E-state index in [9.17, 15) is 4.39 Å². The van der Waals surface area contributed by atoms with Crippen LogP contribution < -0.4 is 5.73 Å². The van der Waals surface area contributed by atoms with Crippen molar-refractivity contribution in [2.24, 2.45) is 5.73 Å². The summed E-state index contributed by atoms with van der Waals surface area (Å²) in [4.78, 5) is 0. The van der Waals surface area contributed by atoms with Gasteiger partial charge in [0.15, 0.2) is 0 Å². The molecule has 0 unspecified atom stereocenters. The molecule has 0 heterocycles. The lowest BCUT2D eigenvalue weighted by molar-refractivity contribution is 0.496. The van der Waals surface area contributed by atoms with Crippen LogP contribution in [0.3, 0.4) is 0 Å². The molecule has 2 N–H and O–H groups in total. The second kappa shape index (κ2) is 4.31. The summed E-state index contributed by atoms with van der Waals surface area (Å²) in [5.74, 6) is 0.267. The van der Waals surface area contributed by atoms with Gasteiger partial charge < -0.3 is 5.73 Å². The van der Waals surface area contributed by atoms with E-state index < -0.39 is 0 Å². The molecule has 0 saturated carbocycles. The molecule has 0 aromatic heterocycles. The third kappa shape index (κ3) is 3.63. The maximum Gasteiger partial charge on any atom is 0.126 e. The molecule has 0 aliphatic heterocycles. The minimum absolute atomic E-state index is 0.155. The van der Waals surface area contributed by atoms with Gasteiger partial charge in [-0.05, 0) is 43.4 Å². The second-order valence-electron chi connectivity index (χ2n) is 5.17. The highest BCUT2D eigenvalue weighted by atomic mass is 19.1. The standard InChI is InChI=1S/C13H20FN/c1-9(2)10-5-6-12(14)11(7-10)8-13(3,4)15/h5-7,9H,8,15H2,1-4H3. The second-order valence-corrected chi connectivity index (χ2v) is 5.17. The first-order chi connectivity index (χ1) is 6.79. The molecule has 1 aromatic rings. The molecule has 0 saturated heterocycles. The van der Waals surface area contributed by atoms with E-state index in [2.05, 4.69) is 13.8 Å². The topological polar surface area (TPSA) is 26.0 Å². The van der Waals surface area contributed by atoms with Crippen LogP contribution >= 0.6 is 0 Å². The Kier molecular flexibility index (Phi) is 3.50. The van der Waals surface area contributed by atoms with Gasteiger partial charge >= 0.3 is 0 Å². The van der Waals surface area contributed by atoms with Crippen LogP contribution in [0.25, 0.3) is 0 Å². The van der Waals surface area contributed by atoms with Crippen LogP contribution in [0.2, 0.25) is 0 Å². The molecule has 15 heavy (non-hydrogen) atoms. The Bertz CT molecular complexity index is 337. The summed E-state index contributed by atoms with van der Waals surface area (Å²) in [5.41, 5.74) is 7.41. The van der Waals surface area contributed by atoms with Crippen LogP contribution in [-0.4, -0.2) is 5.54 Å². The molecule has 0 spiro atoms. The predicted octanol–water partition coefficient (Wildman–Crippen LogP) is 3.23. The molecule has 0 bridgehead atoms. The Morgan fingerprint density at radius 3 is 2.40 bits per heavy atom. The zero-order valence-electron chi connectivity index (χ0n) is 9.97. The van der Waals surface area contributed by atoms with Crippen LogP contribution in [0, 0.1) is 5.82 Å². The van der Waals surface area contributed by atoms with Crippen molar-refractivity contribution >= 4 is 0 Å². The Hall–Kier alpha value is -0.890. The maximum atomic E-state index is 13.5. The first-order valence-corrected chi connectivity index (χ1v) is 5.37. The van der Waals surface area contributed by atoms with Gasteiger partial charge in [-0.2, -0.15) is 0 Å². The van der Waals surface area contributed by atoms with Crippen molar-refractivity contribution in [3.8, 4) is 0 Å². The third-order valence-corrected chi connectivity index (χ3v) is 2.38. The Morgan fingerprint density at radius 2 is 1.93 bits per heavy atom. The van der Waals surface area contributed by atoms with Gasteiger partial charge in [0, 0.05) is 5.54 Å². The summed E-state index contributed by atoms with van der Waals surface area (Å²) in [7, 11) is 0. The number of nitrogens with two attached hydrogens (primary N) is 1. The van der Waals surface area contributed by atoms with E-state index in [-0.39, 0.29) is 11.4 Å². The van der Waals surface area contributed by atoms with E-state index in [1.165, 1.54) is 6.07 Å². The zero-order valence-corrected chi connectivity index (χ0v) is 9.97. The number of hydrogen-bond acceptors (Lipinski definition) is 1. The average molecular weight is 209 g/mol. The van der Waals surface area contributed by atoms with Crippen molar-refractivity contribution in [1.29, 1.82) is 0 Å². The third-order valence-electron chi connectivity index (χ3n) is 2.38. The Morgan fingerprint density at radius 1 is 1.33 bits per heavy atom. The highest BCUT2D eigenvalue weighted by Gasteiger charge is 2.15. The highest BCUT2D eigenvalue weighted by Crippen LogP contribution is 2.20. The molecule has 0 radical (unpaired) electrons. The first kappa shape index (κ1) is 12.2. The van der Waals surface area contributed by atoms with E-state index in [1.54, 1.807) is 0 Å². The summed E-state index contributed by atoms with van der Waals surface area (Å²) in [6.45, 7) is 8.03. The number of rotatable bonds is 3. The summed E-state index contributed by atoms with van der Waals surface area (Å²) >= 11 is 0. The quantitative estimate of drug-likeness (QED) is 0.812. The molecule has 2 heteroatoms. The fraction of sp³-hybridized carbons (Fsp3) is 0.538. The normalized spacial score (nSPS) is 12.2. The largest absolute Gasteiger partial charge is 0.325 e. The van der Waals surface area contributed by atoms with Gasteiger partial charge in [-0.25, -0.2) is 4.39 Å². The SMILES string of the molecule is CC(C)c1ccc(F)c(CC(C)(C)N)c1. The molecule has 1 aromatic carbocycles. The summed E-state index contributed by atoms with van der Waals surface area (Å²) < 4.78 is 13.5. The molecule has 1 nitrogen and oxygen atoms in total. The van der Waals surface area contributed by atoms with Crippen molar-refractivity contribution in [2.45, 2.75) is 45.6 Å². The average Bonchev–Trinajstić information content (AvgIpc) is 2.06. The lowest BCUT2D eigenvalue weighted by Crippen LogP contribution is -2.34. The molecule has 1 rings (SSSR count). The van der Waals surface area contributed by atoms with E-state index >= 15 is 0 Å². The van der Waals surface area contributed by atoms with Gasteiger partial charge in [-0.1, -0.05) is 26.0 Å². The molecule has 84 valence electrons. The maximum absolute atomic E-state index is 13.5. The predicted molar refractivity (Wildman–Crippen MR) is 62.5 cm³/mol. The summed E-state index contributed by atoms with van der Waals surface area (Å²) in [6, 6.07) is 5.30. The molecular formula is C13H20FN. The van der Waals surface area contributed by atoms with Crippen LogP contribution in [0.15, 0.2) is 18.2 Å². The van der Waals surface area contributed by atoms with Crippen LogP contribution in [0.4, 0.5) is 4.39 Å². The zero-order chi connectivity index (χ0) is 11.6. The van der Waals surface area contributed by atoms with Crippen molar-refractivity contribution < 1.29 is 4.39 Å². The highest BCUT2D eigenvalue weighted by molar-refractivity contribution is 5.28. The van der Waals surface area contributed by atoms with Crippen molar-refractivity contribution in [3.63, 3.8) is 0 Å². The monoisotopic (exact) mass is 209 g/mol. The van der Waals surface area contributed by atoms with Gasteiger partial charge in [0.05, 0.1) is 0 Å². The molecule has 0 fully saturated rings. The minimum Gasteiger partial charge on any atom is -0.325 e. The first-order valence-electron chi connectivity index (χ1n) is 5.37. The van der Waals surface area contributed by atoms with Crippen LogP contribution in [0.5, 0.6) is 0 Å².